The number of aromatic amines is 1. The van der Waals surface area contributed by atoms with Crippen LogP contribution < -0.4 is 5.56 Å². The average molecular weight is 409 g/mol. The monoisotopic (exact) mass is 408 g/mol. The Hall–Kier alpha value is -2.54. The molecule has 0 aliphatic carbocycles. The van der Waals surface area contributed by atoms with Gasteiger partial charge in [-0.1, -0.05) is 32.0 Å². The van der Waals surface area contributed by atoms with Crippen LogP contribution in [0.4, 0.5) is 0 Å². The van der Waals surface area contributed by atoms with Gasteiger partial charge < -0.3 is 4.98 Å². The van der Waals surface area contributed by atoms with E-state index in [2.05, 4.69) is 59.2 Å². The number of H-pyrrole nitrogens is 1. The molecule has 7 nitrogen and oxygen atoms in total. The van der Waals surface area contributed by atoms with E-state index in [9.17, 15) is 4.79 Å². The van der Waals surface area contributed by atoms with E-state index in [1.807, 2.05) is 29.8 Å². The fraction of sp³-hybridized carbons (Fsp3) is 0.565. The summed E-state index contributed by atoms with van der Waals surface area (Å²) < 4.78 is 1.91. The molecule has 1 saturated heterocycles. The SMILES string of the molecule is CCC(C)(C)n1nnnc1[C@H](c1cc2cccc(C)c2[nH]c1=O)N1CCC[C@@H](C)C1. The van der Waals surface area contributed by atoms with Gasteiger partial charge in [0, 0.05) is 12.1 Å². The first-order chi connectivity index (χ1) is 14.3. The number of hydrogen-bond acceptors (Lipinski definition) is 5. The van der Waals surface area contributed by atoms with Crippen molar-refractivity contribution < 1.29 is 0 Å². The predicted molar refractivity (Wildman–Crippen MR) is 119 cm³/mol. The van der Waals surface area contributed by atoms with E-state index >= 15 is 0 Å². The second kappa shape index (κ2) is 7.95. The minimum atomic E-state index is -0.276. The molecule has 0 unspecified atom stereocenters. The van der Waals surface area contributed by atoms with Crippen molar-refractivity contribution in [2.24, 2.45) is 5.92 Å². The smallest absolute Gasteiger partial charge is 0.253 e. The summed E-state index contributed by atoms with van der Waals surface area (Å²) in [6, 6.07) is 7.86. The number of aryl methyl sites for hydroxylation is 1. The number of pyridine rings is 1. The molecule has 0 amide bonds. The number of nitrogens with zero attached hydrogens (tertiary/aromatic N) is 5. The first-order valence-electron chi connectivity index (χ1n) is 11.0. The molecule has 1 aromatic carbocycles. The van der Waals surface area contributed by atoms with Crippen LogP contribution in [0.2, 0.25) is 0 Å². The molecular weight excluding hydrogens is 376 g/mol. The normalized spacial score (nSPS) is 19.3. The molecule has 0 bridgehead atoms. The van der Waals surface area contributed by atoms with Gasteiger partial charge in [-0.2, -0.15) is 0 Å². The maximum absolute atomic E-state index is 13.3. The Morgan fingerprint density at radius 1 is 1.33 bits per heavy atom. The van der Waals surface area contributed by atoms with Crippen LogP contribution in [0.15, 0.2) is 29.1 Å². The zero-order valence-corrected chi connectivity index (χ0v) is 18.6. The van der Waals surface area contributed by atoms with Gasteiger partial charge in [0.1, 0.15) is 6.04 Å². The third kappa shape index (κ3) is 3.67. The number of tetrazole rings is 1. The minimum absolute atomic E-state index is 0.0659. The van der Waals surface area contributed by atoms with Crippen molar-refractivity contribution in [1.29, 1.82) is 0 Å². The number of benzene rings is 1. The van der Waals surface area contributed by atoms with Gasteiger partial charge in [0.15, 0.2) is 5.82 Å². The van der Waals surface area contributed by atoms with Crippen molar-refractivity contribution in [3.8, 4) is 0 Å². The Kier molecular flexibility index (Phi) is 5.49. The molecule has 2 aromatic heterocycles. The maximum Gasteiger partial charge on any atom is 0.253 e. The molecule has 160 valence electrons. The molecule has 0 radical (unpaired) electrons. The van der Waals surface area contributed by atoms with Crippen LogP contribution in [0, 0.1) is 12.8 Å². The summed E-state index contributed by atoms with van der Waals surface area (Å²) >= 11 is 0. The van der Waals surface area contributed by atoms with E-state index in [1.165, 1.54) is 6.42 Å². The Morgan fingerprint density at radius 2 is 2.13 bits per heavy atom. The molecule has 1 fully saturated rings. The van der Waals surface area contributed by atoms with Crippen LogP contribution in [-0.2, 0) is 5.54 Å². The number of hydrogen-bond donors (Lipinski definition) is 1. The quantitative estimate of drug-likeness (QED) is 0.695. The molecule has 1 aliphatic rings. The van der Waals surface area contributed by atoms with E-state index in [0.29, 0.717) is 11.5 Å². The summed E-state index contributed by atoms with van der Waals surface area (Å²) in [5.74, 6) is 1.32. The molecule has 4 rings (SSSR count). The number of aromatic nitrogens is 5. The average Bonchev–Trinajstić information content (AvgIpc) is 3.20. The van der Waals surface area contributed by atoms with Crippen LogP contribution in [0.25, 0.3) is 10.9 Å². The highest BCUT2D eigenvalue weighted by Gasteiger charge is 2.35. The first-order valence-corrected chi connectivity index (χ1v) is 11.0. The van der Waals surface area contributed by atoms with Gasteiger partial charge in [-0.3, -0.25) is 9.69 Å². The molecule has 0 spiro atoms. The van der Waals surface area contributed by atoms with Gasteiger partial charge in [-0.15, -0.1) is 5.10 Å². The third-order valence-corrected chi connectivity index (χ3v) is 6.64. The van der Waals surface area contributed by atoms with Gasteiger partial charge in [-0.25, -0.2) is 4.68 Å². The van der Waals surface area contributed by atoms with Crippen molar-refractivity contribution in [2.75, 3.05) is 13.1 Å². The molecule has 7 heteroatoms. The van der Waals surface area contributed by atoms with E-state index in [1.54, 1.807) is 0 Å². The molecule has 3 heterocycles. The number of piperidine rings is 1. The predicted octanol–water partition coefficient (Wildman–Crippen LogP) is 3.79. The minimum Gasteiger partial charge on any atom is -0.321 e. The fourth-order valence-electron chi connectivity index (χ4n) is 4.51. The van der Waals surface area contributed by atoms with Gasteiger partial charge in [-0.05, 0) is 79.9 Å². The zero-order chi connectivity index (χ0) is 21.5. The lowest BCUT2D eigenvalue weighted by Crippen LogP contribution is -2.42. The topological polar surface area (TPSA) is 79.7 Å². The highest BCUT2D eigenvalue weighted by Crippen LogP contribution is 2.33. The lowest BCUT2D eigenvalue weighted by atomic mass is 9.94. The summed E-state index contributed by atoms with van der Waals surface area (Å²) in [6.45, 7) is 12.6. The van der Waals surface area contributed by atoms with Crippen LogP contribution in [0.1, 0.15) is 70.0 Å². The molecule has 1 N–H and O–H groups in total. The molecular formula is C23H32N6O. The molecule has 0 saturated carbocycles. The molecule has 30 heavy (non-hydrogen) atoms. The van der Waals surface area contributed by atoms with Crippen LogP contribution >= 0.6 is 0 Å². The maximum atomic E-state index is 13.3. The largest absolute Gasteiger partial charge is 0.321 e. The van der Waals surface area contributed by atoms with Gasteiger partial charge in [0.25, 0.3) is 5.56 Å². The van der Waals surface area contributed by atoms with Crippen molar-refractivity contribution in [1.82, 2.24) is 30.1 Å². The standard InChI is InChI=1S/C23H32N6O/c1-6-23(4,5)29-21(25-26-27-29)20(28-12-8-9-15(2)14-28)18-13-17-11-7-10-16(3)19(17)24-22(18)30/h7,10-11,13,15,20H,6,8-9,12,14H2,1-5H3,(H,24,30)/t15-,20+/m1/s1. The van der Waals surface area contributed by atoms with Crippen molar-refractivity contribution in [3.05, 3.63) is 51.6 Å². The van der Waals surface area contributed by atoms with Gasteiger partial charge in [0.05, 0.1) is 11.1 Å². The summed E-state index contributed by atoms with van der Waals surface area (Å²) in [5.41, 5.74) is 2.37. The lowest BCUT2D eigenvalue weighted by Gasteiger charge is -2.37. The number of likely N-dealkylation sites (tertiary alicyclic amines) is 1. The zero-order valence-electron chi connectivity index (χ0n) is 18.6. The summed E-state index contributed by atoms with van der Waals surface area (Å²) in [4.78, 5) is 18.8. The summed E-state index contributed by atoms with van der Waals surface area (Å²) in [7, 11) is 0. The third-order valence-electron chi connectivity index (χ3n) is 6.64. The van der Waals surface area contributed by atoms with Crippen LogP contribution in [-0.4, -0.2) is 43.2 Å². The second-order valence-electron chi connectivity index (χ2n) is 9.35. The van der Waals surface area contributed by atoms with Gasteiger partial charge in [0.2, 0.25) is 0 Å². The summed E-state index contributed by atoms with van der Waals surface area (Å²) in [5, 5.41) is 13.9. The van der Waals surface area contributed by atoms with Crippen molar-refractivity contribution >= 4 is 10.9 Å². The highest BCUT2D eigenvalue weighted by molar-refractivity contribution is 5.82. The van der Waals surface area contributed by atoms with E-state index in [0.717, 1.165) is 48.2 Å². The Labute approximate surface area is 177 Å². The van der Waals surface area contributed by atoms with Crippen molar-refractivity contribution in [3.63, 3.8) is 0 Å². The van der Waals surface area contributed by atoms with Crippen LogP contribution in [0.5, 0.6) is 0 Å². The highest BCUT2D eigenvalue weighted by atomic mass is 16.1. The van der Waals surface area contributed by atoms with Gasteiger partial charge >= 0.3 is 0 Å². The summed E-state index contributed by atoms with van der Waals surface area (Å²) in [6.07, 6.45) is 3.21. The number of fused-ring (bicyclic) bond motifs is 1. The second-order valence-corrected chi connectivity index (χ2v) is 9.35. The number of nitrogens with one attached hydrogen (secondary N) is 1. The van der Waals surface area contributed by atoms with E-state index < -0.39 is 0 Å². The number of rotatable bonds is 5. The fourth-order valence-corrected chi connectivity index (χ4v) is 4.51. The van der Waals surface area contributed by atoms with Crippen molar-refractivity contribution in [2.45, 2.75) is 65.5 Å². The van der Waals surface area contributed by atoms with E-state index in [-0.39, 0.29) is 17.1 Å². The molecule has 2 atom stereocenters. The van der Waals surface area contributed by atoms with E-state index in [4.69, 9.17) is 0 Å². The molecule has 3 aromatic rings. The Bertz CT molecular complexity index is 1100. The molecule has 1 aliphatic heterocycles. The Morgan fingerprint density at radius 3 is 2.87 bits per heavy atom. The number of para-hydroxylation sites is 1. The van der Waals surface area contributed by atoms with Crippen LogP contribution in [0.3, 0.4) is 0 Å². The Balaban J connectivity index is 1.92. The lowest BCUT2D eigenvalue weighted by molar-refractivity contribution is 0.135. The first kappa shape index (κ1) is 20.7.